The van der Waals surface area contributed by atoms with Crippen molar-refractivity contribution in [2.45, 2.75) is 97.0 Å². The smallest absolute Gasteiger partial charge is 0.0578 e. The van der Waals surface area contributed by atoms with Crippen LogP contribution in [0.4, 0.5) is 0 Å². The molecule has 0 aromatic carbocycles. The van der Waals surface area contributed by atoms with E-state index in [4.69, 9.17) is 4.74 Å². The van der Waals surface area contributed by atoms with E-state index in [1.165, 1.54) is 57.8 Å². The van der Waals surface area contributed by atoms with Crippen LogP contribution in [0.25, 0.3) is 0 Å². The second-order valence-electron chi connectivity index (χ2n) is 8.55. The number of fused-ring (bicyclic) bond motifs is 3. The van der Waals surface area contributed by atoms with Gasteiger partial charge in [0.25, 0.3) is 0 Å². The van der Waals surface area contributed by atoms with Gasteiger partial charge >= 0.3 is 0 Å². The lowest BCUT2D eigenvalue weighted by molar-refractivity contribution is -0.0531. The largest absolute Gasteiger partial charge is 0.378 e. The molecule has 0 aliphatic heterocycles. The van der Waals surface area contributed by atoms with Crippen LogP contribution in [0, 0.1) is 29.6 Å². The average molecular weight is 307 g/mol. The van der Waals surface area contributed by atoms with E-state index in [1.54, 1.807) is 19.3 Å². The predicted octanol–water partition coefficient (Wildman–Crippen LogP) is 6.21. The van der Waals surface area contributed by atoms with Crippen LogP contribution in [0.3, 0.4) is 0 Å². The molecule has 0 N–H and O–H groups in total. The molecule has 0 aromatic heterocycles. The summed E-state index contributed by atoms with van der Waals surface area (Å²) in [5.41, 5.74) is 0. The van der Waals surface area contributed by atoms with Gasteiger partial charge in [-0.2, -0.15) is 0 Å². The van der Waals surface area contributed by atoms with Crippen molar-refractivity contribution >= 4 is 0 Å². The fourth-order valence-electron chi connectivity index (χ4n) is 6.04. The molecule has 3 aliphatic carbocycles. The lowest BCUT2D eigenvalue weighted by Crippen LogP contribution is -2.42. The predicted molar refractivity (Wildman–Crippen MR) is 93.9 cm³/mol. The Morgan fingerprint density at radius 3 is 2.23 bits per heavy atom. The third kappa shape index (κ3) is 3.89. The summed E-state index contributed by atoms with van der Waals surface area (Å²) in [5, 5.41) is 0. The molecule has 0 aromatic rings. The summed E-state index contributed by atoms with van der Waals surface area (Å²) in [6.07, 6.45) is 18.1. The molecule has 22 heavy (non-hydrogen) atoms. The number of hydrogen-bond donors (Lipinski definition) is 0. The first kappa shape index (κ1) is 16.8. The minimum Gasteiger partial charge on any atom is -0.378 e. The van der Waals surface area contributed by atoms with Crippen LogP contribution in [0.2, 0.25) is 0 Å². The van der Waals surface area contributed by atoms with Crippen LogP contribution >= 0.6 is 0 Å². The zero-order valence-electron chi connectivity index (χ0n) is 15.1. The molecule has 0 saturated heterocycles. The van der Waals surface area contributed by atoms with Gasteiger partial charge in [-0.25, -0.2) is 0 Å². The van der Waals surface area contributed by atoms with Gasteiger partial charge < -0.3 is 4.74 Å². The van der Waals surface area contributed by atoms with Crippen LogP contribution in [0.1, 0.15) is 90.9 Å². The van der Waals surface area contributed by atoms with Gasteiger partial charge in [0.2, 0.25) is 0 Å². The summed E-state index contributed by atoms with van der Waals surface area (Å²) in [6.45, 7) is 5.55. The van der Waals surface area contributed by atoms with E-state index in [0.717, 1.165) is 36.2 Å². The van der Waals surface area contributed by atoms with E-state index in [1.807, 2.05) is 0 Å². The molecular weight excluding hydrogens is 268 g/mol. The molecule has 0 radical (unpaired) electrons. The van der Waals surface area contributed by atoms with Crippen LogP contribution in [0.15, 0.2) is 0 Å². The van der Waals surface area contributed by atoms with Gasteiger partial charge in [-0.05, 0) is 81.0 Å². The molecule has 3 rings (SSSR count). The Bertz CT molecular complexity index is 294. The maximum atomic E-state index is 6.08. The molecule has 0 amide bonds. The lowest BCUT2D eigenvalue weighted by Gasteiger charge is -2.50. The molecule has 3 saturated carbocycles. The molecule has 3 aliphatic rings. The number of ether oxygens (including phenoxy) is 1. The average Bonchev–Trinajstić information content (AvgIpc) is 2.57. The maximum absolute atomic E-state index is 6.08. The van der Waals surface area contributed by atoms with E-state index in [-0.39, 0.29) is 0 Å². The Balaban J connectivity index is 1.51. The van der Waals surface area contributed by atoms with E-state index in [0.29, 0.717) is 6.10 Å². The molecular formula is C21H38O. The SMILES string of the molecule is CCCC[C@@H]1CCC2C(CCC3C[C@H](OCCC)CCC32)C1. The topological polar surface area (TPSA) is 9.23 Å². The van der Waals surface area contributed by atoms with E-state index < -0.39 is 0 Å². The fraction of sp³-hybridized carbons (Fsp3) is 1.00. The third-order valence-corrected chi connectivity index (χ3v) is 7.12. The van der Waals surface area contributed by atoms with Gasteiger partial charge in [-0.1, -0.05) is 39.5 Å². The summed E-state index contributed by atoms with van der Waals surface area (Å²) in [7, 11) is 0. The maximum Gasteiger partial charge on any atom is 0.0578 e. The molecule has 3 fully saturated rings. The normalized spacial score (nSPS) is 41.7. The highest BCUT2D eigenvalue weighted by Gasteiger charge is 2.44. The van der Waals surface area contributed by atoms with E-state index >= 15 is 0 Å². The minimum atomic E-state index is 0.596. The van der Waals surface area contributed by atoms with Crippen molar-refractivity contribution in [3.63, 3.8) is 0 Å². The standard InChI is InChI=1S/C21H38O/c1-3-5-6-16-7-11-20-17(14-16)8-9-18-15-19(22-13-4-2)10-12-21(18)20/h16-21H,3-15H2,1-2H3/t16-,17?,18?,19-,20?,21?/m1/s1. The molecule has 1 nitrogen and oxygen atoms in total. The fourth-order valence-corrected chi connectivity index (χ4v) is 6.04. The molecule has 4 unspecified atom stereocenters. The molecule has 0 bridgehead atoms. The molecule has 1 heteroatoms. The number of unbranched alkanes of at least 4 members (excludes halogenated alkanes) is 1. The highest BCUT2D eigenvalue weighted by Crippen LogP contribution is 2.53. The van der Waals surface area contributed by atoms with Gasteiger partial charge in [0.05, 0.1) is 6.10 Å². The minimum absolute atomic E-state index is 0.596. The first-order valence-electron chi connectivity index (χ1n) is 10.4. The zero-order valence-corrected chi connectivity index (χ0v) is 15.1. The first-order valence-corrected chi connectivity index (χ1v) is 10.4. The summed E-state index contributed by atoms with van der Waals surface area (Å²) in [5.74, 6) is 5.31. The van der Waals surface area contributed by atoms with Crippen LogP contribution in [-0.4, -0.2) is 12.7 Å². The van der Waals surface area contributed by atoms with Crippen molar-refractivity contribution in [2.24, 2.45) is 29.6 Å². The Labute approximate surface area is 138 Å². The summed E-state index contributed by atoms with van der Waals surface area (Å²) in [6, 6.07) is 0. The zero-order chi connectivity index (χ0) is 15.4. The lowest BCUT2D eigenvalue weighted by atomic mass is 9.56. The third-order valence-electron chi connectivity index (χ3n) is 7.12. The quantitative estimate of drug-likeness (QED) is 0.566. The van der Waals surface area contributed by atoms with Crippen molar-refractivity contribution < 1.29 is 4.74 Å². The molecule has 128 valence electrons. The van der Waals surface area contributed by atoms with Gasteiger partial charge in [-0.15, -0.1) is 0 Å². The van der Waals surface area contributed by atoms with Gasteiger partial charge in [0.15, 0.2) is 0 Å². The van der Waals surface area contributed by atoms with Crippen LogP contribution in [-0.2, 0) is 4.74 Å². The Morgan fingerprint density at radius 2 is 1.50 bits per heavy atom. The number of hydrogen-bond acceptors (Lipinski definition) is 1. The van der Waals surface area contributed by atoms with Crippen molar-refractivity contribution in [1.29, 1.82) is 0 Å². The number of rotatable bonds is 6. The summed E-state index contributed by atoms with van der Waals surface area (Å²) >= 11 is 0. The van der Waals surface area contributed by atoms with Crippen molar-refractivity contribution in [3.05, 3.63) is 0 Å². The van der Waals surface area contributed by atoms with E-state index in [9.17, 15) is 0 Å². The monoisotopic (exact) mass is 306 g/mol. The highest BCUT2D eigenvalue weighted by molar-refractivity contribution is 4.94. The Kier molecular flexibility index (Phi) is 6.24. The Morgan fingerprint density at radius 1 is 0.773 bits per heavy atom. The van der Waals surface area contributed by atoms with Crippen LogP contribution < -0.4 is 0 Å². The molecule has 0 heterocycles. The van der Waals surface area contributed by atoms with Gasteiger partial charge in [-0.3, -0.25) is 0 Å². The highest BCUT2D eigenvalue weighted by atomic mass is 16.5. The summed E-state index contributed by atoms with van der Waals surface area (Å²) < 4.78 is 6.08. The first-order chi connectivity index (χ1) is 10.8. The van der Waals surface area contributed by atoms with E-state index in [2.05, 4.69) is 13.8 Å². The van der Waals surface area contributed by atoms with Gasteiger partial charge in [0.1, 0.15) is 0 Å². The van der Waals surface area contributed by atoms with Crippen LogP contribution in [0.5, 0.6) is 0 Å². The summed E-state index contributed by atoms with van der Waals surface area (Å²) in [4.78, 5) is 0. The second-order valence-corrected chi connectivity index (χ2v) is 8.55. The van der Waals surface area contributed by atoms with Gasteiger partial charge in [0, 0.05) is 6.61 Å². The van der Waals surface area contributed by atoms with Crippen molar-refractivity contribution in [2.75, 3.05) is 6.61 Å². The molecule has 6 atom stereocenters. The second kappa shape index (κ2) is 8.18. The molecule has 0 spiro atoms. The van der Waals surface area contributed by atoms with Crippen molar-refractivity contribution in [1.82, 2.24) is 0 Å². The van der Waals surface area contributed by atoms with Crippen molar-refractivity contribution in [3.8, 4) is 0 Å². The Hall–Kier alpha value is -0.0400.